The van der Waals surface area contributed by atoms with Gasteiger partial charge in [0.2, 0.25) is 0 Å². The van der Waals surface area contributed by atoms with Crippen molar-refractivity contribution in [1.82, 2.24) is 4.98 Å². The Hall–Kier alpha value is -2.49. The number of aromatic nitrogens is 1. The summed E-state index contributed by atoms with van der Waals surface area (Å²) in [7, 11) is 0. The van der Waals surface area contributed by atoms with Crippen LogP contribution in [0.25, 0.3) is 32.2 Å². The lowest BCUT2D eigenvalue weighted by atomic mass is 10.1. The van der Waals surface area contributed by atoms with Gasteiger partial charge in [0.05, 0.1) is 16.7 Å². The highest BCUT2D eigenvalue weighted by molar-refractivity contribution is 6.07. The van der Waals surface area contributed by atoms with Crippen molar-refractivity contribution in [3.63, 3.8) is 0 Å². The van der Waals surface area contributed by atoms with Crippen LogP contribution in [0.4, 0.5) is 5.69 Å². The number of benzene rings is 2. The van der Waals surface area contributed by atoms with Crippen molar-refractivity contribution in [2.24, 2.45) is 5.11 Å². The Morgan fingerprint density at radius 3 is 2.14 bits per heavy atom. The van der Waals surface area contributed by atoms with Gasteiger partial charge in [-0.15, -0.1) is 12.4 Å². The zero-order valence-corrected chi connectivity index (χ0v) is 12.0. The first kappa shape index (κ1) is 14.9. The summed E-state index contributed by atoms with van der Waals surface area (Å²) in [4.78, 5) is 7.42. The average Bonchev–Trinajstić information content (AvgIpc) is 2.50. The molecule has 21 heavy (non-hydrogen) atoms. The van der Waals surface area contributed by atoms with Gasteiger partial charge >= 0.3 is 0 Å². The van der Waals surface area contributed by atoms with Crippen LogP contribution in [-0.2, 0) is 0 Å². The minimum Gasteiger partial charge on any atom is -0.384 e. The molecule has 2 aromatic carbocycles. The summed E-state index contributed by atoms with van der Waals surface area (Å²) in [5, 5.41) is 9.06. The lowest BCUT2D eigenvalue weighted by molar-refractivity contribution is 1.01. The van der Waals surface area contributed by atoms with Gasteiger partial charge in [0.25, 0.3) is 0 Å². The molecule has 0 amide bonds. The van der Waals surface area contributed by atoms with Gasteiger partial charge in [-0.1, -0.05) is 41.5 Å². The molecule has 1 heterocycles. The first-order valence-corrected chi connectivity index (χ1v) is 6.42. The van der Waals surface area contributed by atoms with E-state index in [1.165, 1.54) is 0 Å². The monoisotopic (exact) mass is 299 g/mol. The molecular weight excluding hydrogens is 286 g/mol. The zero-order chi connectivity index (χ0) is 13.8. The quantitative estimate of drug-likeness (QED) is 0.253. The van der Waals surface area contributed by atoms with Gasteiger partial charge in [-0.05, 0) is 17.7 Å². The minimum absolute atomic E-state index is 0. The van der Waals surface area contributed by atoms with Crippen molar-refractivity contribution in [2.75, 3.05) is 18.4 Å². The smallest absolute Gasteiger partial charge is 0.0730 e. The van der Waals surface area contributed by atoms with E-state index in [2.05, 4.69) is 20.3 Å². The number of hydrogen-bond donors (Lipinski definition) is 1. The minimum atomic E-state index is 0. The number of fused-ring (bicyclic) bond motifs is 2. The van der Waals surface area contributed by atoms with Crippen molar-refractivity contribution >= 4 is 39.9 Å². The van der Waals surface area contributed by atoms with Crippen LogP contribution in [0.15, 0.2) is 53.6 Å². The standard InChI is InChI=1S/C15H13N5.ClH/c16-20-18-10-9-17-15-11-5-1-3-7-13(11)19-14-8-4-2-6-12(14)15;/h1-8H,9-10H2,(H,17,19);1H. The van der Waals surface area contributed by atoms with E-state index in [1.54, 1.807) is 0 Å². The molecular formula is C15H14ClN5. The molecule has 0 spiro atoms. The van der Waals surface area contributed by atoms with Crippen molar-refractivity contribution in [3.05, 3.63) is 59.0 Å². The average molecular weight is 300 g/mol. The molecule has 3 rings (SSSR count). The first-order valence-electron chi connectivity index (χ1n) is 6.42. The molecule has 1 aromatic heterocycles. The third-order valence-corrected chi connectivity index (χ3v) is 3.16. The van der Waals surface area contributed by atoms with Crippen LogP contribution < -0.4 is 5.32 Å². The summed E-state index contributed by atoms with van der Waals surface area (Å²) in [6.45, 7) is 1.02. The summed E-state index contributed by atoms with van der Waals surface area (Å²) in [6.07, 6.45) is 0. The van der Waals surface area contributed by atoms with Crippen LogP contribution in [0.2, 0.25) is 0 Å². The van der Waals surface area contributed by atoms with Crippen LogP contribution in [0.5, 0.6) is 0 Å². The van der Waals surface area contributed by atoms with Crippen LogP contribution in [-0.4, -0.2) is 18.1 Å². The van der Waals surface area contributed by atoms with Gasteiger partial charge in [0.15, 0.2) is 0 Å². The van der Waals surface area contributed by atoms with Crippen LogP contribution >= 0.6 is 12.4 Å². The Kier molecular flexibility index (Phi) is 4.82. The summed E-state index contributed by atoms with van der Waals surface area (Å²) in [5.41, 5.74) is 11.3. The highest BCUT2D eigenvalue weighted by Crippen LogP contribution is 2.30. The van der Waals surface area contributed by atoms with Crippen molar-refractivity contribution in [3.8, 4) is 0 Å². The van der Waals surface area contributed by atoms with E-state index in [4.69, 9.17) is 5.53 Å². The highest BCUT2D eigenvalue weighted by atomic mass is 35.5. The Bertz CT molecular complexity index is 757. The molecule has 0 aliphatic heterocycles. The van der Waals surface area contributed by atoms with E-state index in [0.717, 1.165) is 27.5 Å². The Morgan fingerprint density at radius 1 is 1.00 bits per heavy atom. The van der Waals surface area contributed by atoms with Gasteiger partial charge in [0.1, 0.15) is 0 Å². The topological polar surface area (TPSA) is 73.7 Å². The number of nitrogens with one attached hydrogen (secondary N) is 1. The Morgan fingerprint density at radius 2 is 1.57 bits per heavy atom. The van der Waals surface area contributed by atoms with Crippen molar-refractivity contribution in [1.29, 1.82) is 0 Å². The fourth-order valence-corrected chi connectivity index (χ4v) is 2.31. The molecule has 0 aliphatic rings. The van der Waals surface area contributed by atoms with Crippen LogP contribution in [0, 0.1) is 0 Å². The highest BCUT2D eigenvalue weighted by Gasteiger charge is 2.07. The van der Waals surface area contributed by atoms with Gasteiger partial charge in [-0.25, -0.2) is 4.98 Å². The number of azide groups is 1. The SMILES string of the molecule is Cl.[N-]=[N+]=NCCNc1c2ccccc2nc2ccccc12. The number of pyridine rings is 1. The maximum atomic E-state index is 8.33. The Balaban J connectivity index is 0.00000161. The summed E-state index contributed by atoms with van der Waals surface area (Å²) in [6, 6.07) is 16.0. The van der Waals surface area contributed by atoms with E-state index in [0.29, 0.717) is 13.1 Å². The predicted molar refractivity (Wildman–Crippen MR) is 89.0 cm³/mol. The number of nitrogens with zero attached hydrogens (tertiary/aromatic N) is 4. The normalized spacial score (nSPS) is 9.90. The summed E-state index contributed by atoms with van der Waals surface area (Å²) < 4.78 is 0. The van der Waals surface area contributed by atoms with E-state index in [1.807, 2.05) is 48.5 Å². The largest absolute Gasteiger partial charge is 0.384 e. The molecule has 5 nitrogen and oxygen atoms in total. The van der Waals surface area contributed by atoms with Gasteiger partial charge < -0.3 is 5.32 Å². The maximum Gasteiger partial charge on any atom is 0.0730 e. The number of rotatable bonds is 4. The fourth-order valence-electron chi connectivity index (χ4n) is 2.31. The number of halogens is 1. The first-order chi connectivity index (χ1) is 9.90. The van der Waals surface area contributed by atoms with E-state index < -0.39 is 0 Å². The lowest BCUT2D eigenvalue weighted by Gasteiger charge is -2.12. The second-order valence-electron chi connectivity index (χ2n) is 4.40. The van der Waals surface area contributed by atoms with Crippen LogP contribution in [0.3, 0.4) is 0 Å². The number of hydrogen-bond acceptors (Lipinski definition) is 3. The summed E-state index contributed by atoms with van der Waals surface area (Å²) >= 11 is 0. The molecule has 0 unspecified atom stereocenters. The molecule has 1 N–H and O–H groups in total. The second-order valence-corrected chi connectivity index (χ2v) is 4.40. The number of anilines is 1. The molecule has 0 saturated heterocycles. The van der Waals surface area contributed by atoms with Gasteiger partial charge in [-0.3, -0.25) is 0 Å². The molecule has 6 heteroatoms. The molecule has 0 radical (unpaired) electrons. The predicted octanol–water partition coefficient (Wildman–Crippen LogP) is 4.53. The van der Waals surface area contributed by atoms with E-state index in [9.17, 15) is 0 Å². The van der Waals surface area contributed by atoms with Crippen molar-refractivity contribution in [2.45, 2.75) is 0 Å². The molecule has 106 valence electrons. The molecule has 0 aliphatic carbocycles. The Labute approximate surface area is 128 Å². The lowest BCUT2D eigenvalue weighted by Crippen LogP contribution is -2.05. The van der Waals surface area contributed by atoms with E-state index in [-0.39, 0.29) is 12.4 Å². The molecule has 0 bridgehead atoms. The third-order valence-electron chi connectivity index (χ3n) is 3.16. The molecule has 0 atom stereocenters. The molecule has 0 saturated carbocycles. The fraction of sp³-hybridized carbons (Fsp3) is 0.133. The van der Waals surface area contributed by atoms with Crippen LogP contribution in [0.1, 0.15) is 0 Å². The summed E-state index contributed by atoms with van der Waals surface area (Å²) in [5.74, 6) is 0. The molecule has 3 aromatic rings. The molecule has 0 fully saturated rings. The third kappa shape index (κ3) is 2.99. The maximum absolute atomic E-state index is 8.33. The number of para-hydroxylation sites is 2. The second kappa shape index (κ2) is 6.79. The zero-order valence-electron chi connectivity index (χ0n) is 11.2. The van der Waals surface area contributed by atoms with Gasteiger partial charge in [-0.2, -0.15) is 0 Å². The van der Waals surface area contributed by atoms with Gasteiger partial charge in [0, 0.05) is 28.8 Å². The van der Waals surface area contributed by atoms with E-state index >= 15 is 0 Å². The van der Waals surface area contributed by atoms with Crippen molar-refractivity contribution < 1.29 is 0 Å².